The standard InChI is InChI=1S/C19H23N3O4S/c1-21(2)17-7-3-15(4-8-17)19(23)20-16-5-9-18(10-6-16)27(24,25)22-11-13-26-14-12-22/h3-10H,11-14H2,1-2H3,(H,20,23). The minimum Gasteiger partial charge on any atom is -0.379 e. The largest absolute Gasteiger partial charge is 0.379 e. The van der Waals surface area contributed by atoms with E-state index in [0.29, 0.717) is 37.6 Å². The number of carbonyl (C=O) groups is 1. The Hall–Kier alpha value is -2.42. The predicted molar refractivity (Wildman–Crippen MR) is 105 cm³/mol. The zero-order chi connectivity index (χ0) is 19.4. The molecule has 144 valence electrons. The lowest BCUT2D eigenvalue weighted by atomic mass is 10.2. The van der Waals surface area contributed by atoms with E-state index < -0.39 is 10.0 Å². The maximum absolute atomic E-state index is 12.6. The van der Waals surface area contributed by atoms with Crippen LogP contribution in [0.3, 0.4) is 0 Å². The molecule has 1 N–H and O–H groups in total. The molecule has 1 heterocycles. The van der Waals surface area contributed by atoms with Crippen LogP contribution < -0.4 is 10.2 Å². The molecule has 7 nitrogen and oxygen atoms in total. The number of carbonyl (C=O) groups excluding carboxylic acids is 1. The van der Waals surface area contributed by atoms with Crippen molar-refractivity contribution in [2.45, 2.75) is 4.90 Å². The fourth-order valence-corrected chi connectivity index (χ4v) is 4.17. The number of nitrogens with zero attached hydrogens (tertiary/aromatic N) is 2. The van der Waals surface area contributed by atoms with E-state index in [-0.39, 0.29) is 10.8 Å². The highest BCUT2D eigenvalue weighted by atomic mass is 32.2. The van der Waals surface area contributed by atoms with Crippen molar-refractivity contribution < 1.29 is 17.9 Å². The second-order valence-electron chi connectivity index (χ2n) is 6.44. The number of nitrogens with one attached hydrogen (secondary N) is 1. The molecule has 27 heavy (non-hydrogen) atoms. The Bertz CT molecular complexity index is 888. The Morgan fingerprint density at radius 2 is 1.59 bits per heavy atom. The molecule has 2 aromatic rings. The van der Waals surface area contributed by atoms with Crippen LogP contribution in [0.4, 0.5) is 11.4 Å². The zero-order valence-corrected chi connectivity index (χ0v) is 16.2. The van der Waals surface area contributed by atoms with Crippen molar-refractivity contribution in [1.29, 1.82) is 0 Å². The number of hydrogen-bond acceptors (Lipinski definition) is 5. The molecule has 1 fully saturated rings. The number of benzene rings is 2. The molecule has 1 saturated heterocycles. The summed E-state index contributed by atoms with van der Waals surface area (Å²) >= 11 is 0. The van der Waals surface area contributed by atoms with Gasteiger partial charge in [-0.15, -0.1) is 0 Å². The van der Waals surface area contributed by atoms with Gasteiger partial charge in [-0.25, -0.2) is 8.42 Å². The van der Waals surface area contributed by atoms with Crippen LogP contribution in [0.2, 0.25) is 0 Å². The van der Waals surface area contributed by atoms with E-state index in [4.69, 9.17) is 4.74 Å². The Kier molecular flexibility index (Phi) is 5.79. The predicted octanol–water partition coefficient (Wildman–Crippen LogP) is 2.03. The van der Waals surface area contributed by atoms with E-state index in [1.165, 1.54) is 16.4 Å². The first-order valence-electron chi connectivity index (χ1n) is 8.64. The SMILES string of the molecule is CN(C)c1ccc(C(=O)Nc2ccc(S(=O)(=O)N3CCOCC3)cc2)cc1. The summed E-state index contributed by atoms with van der Waals surface area (Å²) in [7, 11) is 0.328. The Morgan fingerprint density at radius 1 is 1.00 bits per heavy atom. The summed E-state index contributed by atoms with van der Waals surface area (Å²) in [5.41, 5.74) is 2.08. The van der Waals surface area contributed by atoms with Crippen LogP contribution >= 0.6 is 0 Å². The van der Waals surface area contributed by atoms with Crippen molar-refractivity contribution in [3.63, 3.8) is 0 Å². The number of rotatable bonds is 5. The smallest absolute Gasteiger partial charge is 0.255 e. The number of morpholine rings is 1. The summed E-state index contributed by atoms with van der Waals surface area (Å²) in [6.07, 6.45) is 0. The molecule has 0 aliphatic carbocycles. The number of ether oxygens (including phenoxy) is 1. The molecule has 0 bridgehead atoms. The van der Waals surface area contributed by atoms with Crippen molar-refractivity contribution >= 4 is 27.3 Å². The molecule has 0 saturated carbocycles. The van der Waals surface area contributed by atoms with Gasteiger partial charge in [-0.05, 0) is 48.5 Å². The van der Waals surface area contributed by atoms with Gasteiger partial charge in [0, 0.05) is 44.1 Å². The summed E-state index contributed by atoms with van der Waals surface area (Å²) in [5, 5.41) is 2.78. The topological polar surface area (TPSA) is 79.0 Å². The van der Waals surface area contributed by atoms with Gasteiger partial charge < -0.3 is 15.0 Å². The Labute approximate surface area is 159 Å². The minimum absolute atomic E-state index is 0.206. The minimum atomic E-state index is -3.54. The molecule has 0 unspecified atom stereocenters. The molecule has 1 amide bonds. The number of amides is 1. The molecule has 0 atom stereocenters. The second-order valence-corrected chi connectivity index (χ2v) is 8.37. The molecule has 1 aliphatic heterocycles. The number of anilines is 2. The third-order valence-electron chi connectivity index (χ3n) is 4.37. The molecule has 0 aromatic heterocycles. The van der Waals surface area contributed by atoms with Crippen LogP contribution in [0.5, 0.6) is 0 Å². The van der Waals surface area contributed by atoms with Gasteiger partial charge in [-0.1, -0.05) is 0 Å². The van der Waals surface area contributed by atoms with E-state index in [2.05, 4.69) is 5.32 Å². The fraction of sp³-hybridized carbons (Fsp3) is 0.316. The van der Waals surface area contributed by atoms with Crippen molar-refractivity contribution in [2.75, 3.05) is 50.6 Å². The molecular formula is C19H23N3O4S. The van der Waals surface area contributed by atoms with Crippen LogP contribution in [0, 0.1) is 0 Å². The fourth-order valence-electron chi connectivity index (χ4n) is 2.76. The van der Waals surface area contributed by atoms with Crippen molar-refractivity contribution in [2.24, 2.45) is 0 Å². The van der Waals surface area contributed by atoms with Crippen molar-refractivity contribution in [3.05, 3.63) is 54.1 Å². The van der Waals surface area contributed by atoms with E-state index in [1.54, 1.807) is 24.3 Å². The highest BCUT2D eigenvalue weighted by molar-refractivity contribution is 7.89. The first-order valence-corrected chi connectivity index (χ1v) is 10.1. The monoisotopic (exact) mass is 389 g/mol. The van der Waals surface area contributed by atoms with E-state index in [1.807, 2.05) is 31.1 Å². The lowest BCUT2D eigenvalue weighted by molar-refractivity contribution is 0.0730. The second kappa shape index (κ2) is 8.08. The zero-order valence-electron chi connectivity index (χ0n) is 15.4. The van der Waals surface area contributed by atoms with Crippen molar-refractivity contribution in [1.82, 2.24) is 4.31 Å². The Morgan fingerprint density at radius 3 is 2.15 bits per heavy atom. The molecule has 0 spiro atoms. The third kappa shape index (κ3) is 4.47. The normalized spacial score (nSPS) is 15.3. The number of hydrogen-bond donors (Lipinski definition) is 1. The molecule has 3 rings (SSSR count). The van der Waals surface area contributed by atoms with Crippen molar-refractivity contribution in [3.8, 4) is 0 Å². The highest BCUT2D eigenvalue weighted by Gasteiger charge is 2.26. The van der Waals surface area contributed by atoms with Gasteiger partial charge in [0.1, 0.15) is 0 Å². The maximum atomic E-state index is 12.6. The summed E-state index contributed by atoms with van der Waals surface area (Å²) in [5.74, 6) is -0.246. The van der Waals surface area contributed by atoms with Gasteiger partial charge >= 0.3 is 0 Å². The summed E-state index contributed by atoms with van der Waals surface area (Å²) < 4.78 is 31.8. The van der Waals surface area contributed by atoms with E-state index >= 15 is 0 Å². The van der Waals surface area contributed by atoms with Gasteiger partial charge in [0.15, 0.2) is 0 Å². The van der Waals surface area contributed by atoms with Gasteiger partial charge in [-0.2, -0.15) is 4.31 Å². The molecule has 1 aliphatic rings. The summed E-state index contributed by atoms with van der Waals surface area (Å²) in [4.78, 5) is 14.5. The summed E-state index contributed by atoms with van der Waals surface area (Å²) in [6, 6.07) is 13.5. The molecule has 0 radical (unpaired) electrons. The molecule has 8 heteroatoms. The van der Waals surface area contributed by atoms with Gasteiger partial charge in [0.05, 0.1) is 18.1 Å². The first-order chi connectivity index (χ1) is 12.9. The Balaban J connectivity index is 1.69. The third-order valence-corrected chi connectivity index (χ3v) is 6.28. The molecule has 2 aromatic carbocycles. The van der Waals surface area contributed by atoms with Crippen LogP contribution in [0.1, 0.15) is 10.4 Å². The summed E-state index contributed by atoms with van der Waals surface area (Å²) in [6.45, 7) is 1.51. The van der Waals surface area contributed by atoms with Crippen LogP contribution in [-0.2, 0) is 14.8 Å². The average Bonchev–Trinajstić information content (AvgIpc) is 2.69. The van der Waals surface area contributed by atoms with Gasteiger partial charge in [0.25, 0.3) is 5.91 Å². The average molecular weight is 389 g/mol. The number of sulfonamides is 1. The quantitative estimate of drug-likeness (QED) is 0.847. The lowest BCUT2D eigenvalue weighted by Gasteiger charge is -2.26. The first kappa shape index (κ1) is 19.3. The van der Waals surface area contributed by atoms with E-state index in [9.17, 15) is 13.2 Å². The van der Waals surface area contributed by atoms with Crippen LogP contribution in [-0.4, -0.2) is 59.0 Å². The van der Waals surface area contributed by atoms with E-state index in [0.717, 1.165) is 5.69 Å². The van der Waals surface area contributed by atoms with Crippen LogP contribution in [0.25, 0.3) is 0 Å². The van der Waals surface area contributed by atoms with Crippen LogP contribution in [0.15, 0.2) is 53.4 Å². The van der Waals surface area contributed by atoms with Gasteiger partial charge in [0.2, 0.25) is 10.0 Å². The lowest BCUT2D eigenvalue weighted by Crippen LogP contribution is -2.40. The highest BCUT2D eigenvalue weighted by Crippen LogP contribution is 2.20. The van der Waals surface area contributed by atoms with Gasteiger partial charge in [-0.3, -0.25) is 4.79 Å². The maximum Gasteiger partial charge on any atom is 0.255 e. The molecular weight excluding hydrogens is 366 g/mol.